The number of nitrogens with zero attached hydrogens (tertiary/aromatic N) is 3. The molecular formula is C18H20ClN3O3. The number of aryl methyl sites for hydroxylation is 2. The third-order valence-electron chi connectivity index (χ3n) is 4.95. The van der Waals surface area contributed by atoms with Gasteiger partial charge in [0.15, 0.2) is 0 Å². The van der Waals surface area contributed by atoms with Crippen LogP contribution in [0, 0.1) is 19.8 Å². The predicted octanol–water partition coefficient (Wildman–Crippen LogP) is 2.63. The van der Waals surface area contributed by atoms with Gasteiger partial charge in [-0.2, -0.15) is 5.10 Å². The van der Waals surface area contributed by atoms with Crippen LogP contribution in [0.15, 0.2) is 24.3 Å². The van der Waals surface area contributed by atoms with Gasteiger partial charge in [0.1, 0.15) is 0 Å². The summed E-state index contributed by atoms with van der Waals surface area (Å²) in [5.41, 5.74) is 2.88. The second kappa shape index (κ2) is 6.52. The number of benzene rings is 1. The van der Waals surface area contributed by atoms with Crippen LogP contribution in [0.25, 0.3) is 0 Å². The Morgan fingerprint density at radius 3 is 2.36 bits per heavy atom. The predicted molar refractivity (Wildman–Crippen MR) is 93.9 cm³/mol. The Morgan fingerprint density at radius 2 is 1.84 bits per heavy atom. The Balaban J connectivity index is 1.90. The number of carbonyl (C=O) groups is 2. The van der Waals surface area contributed by atoms with Gasteiger partial charge in [-0.25, -0.2) is 0 Å². The molecule has 7 heteroatoms. The minimum absolute atomic E-state index is 0.161. The Labute approximate surface area is 151 Å². The molecule has 1 aromatic carbocycles. The van der Waals surface area contributed by atoms with E-state index in [1.54, 1.807) is 35.7 Å². The van der Waals surface area contributed by atoms with Crippen molar-refractivity contribution in [3.05, 3.63) is 51.8 Å². The van der Waals surface area contributed by atoms with Crippen LogP contribution >= 0.6 is 11.6 Å². The van der Waals surface area contributed by atoms with Gasteiger partial charge in [-0.15, -0.1) is 0 Å². The molecule has 132 valence electrons. The van der Waals surface area contributed by atoms with Gasteiger partial charge in [0.25, 0.3) is 5.91 Å². The maximum Gasteiger partial charge on any atom is 0.308 e. The highest BCUT2D eigenvalue weighted by molar-refractivity contribution is 6.30. The summed E-state index contributed by atoms with van der Waals surface area (Å²) < 4.78 is 1.67. The lowest BCUT2D eigenvalue weighted by molar-refractivity contribution is -0.141. The van der Waals surface area contributed by atoms with Gasteiger partial charge in [0, 0.05) is 36.8 Å². The van der Waals surface area contributed by atoms with Crippen LogP contribution in [0.4, 0.5) is 0 Å². The molecule has 0 bridgehead atoms. The van der Waals surface area contributed by atoms with Crippen LogP contribution in [0.2, 0.25) is 5.02 Å². The number of carboxylic acids is 1. The third kappa shape index (κ3) is 3.14. The smallest absolute Gasteiger partial charge is 0.308 e. The Morgan fingerprint density at radius 1 is 1.20 bits per heavy atom. The molecule has 0 aliphatic carbocycles. The normalized spacial score (nSPS) is 20.1. The van der Waals surface area contributed by atoms with Crippen LogP contribution < -0.4 is 0 Å². The van der Waals surface area contributed by atoms with E-state index in [0.717, 1.165) is 11.3 Å². The lowest BCUT2D eigenvalue weighted by Crippen LogP contribution is -2.30. The zero-order chi connectivity index (χ0) is 18.3. The number of rotatable bonds is 3. The number of halogens is 1. The highest BCUT2D eigenvalue weighted by Crippen LogP contribution is 2.34. The molecule has 0 radical (unpaired) electrons. The van der Waals surface area contributed by atoms with E-state index in [9.17, 15) is 14.7 Å². The maximum atomic E-state index is 13.0. The standard InChI is InChI=1S/C18H20ClN3O3/c1-10-16(11(2)21(3)20-10)17(23)22-8-14(15(9-22)18(24)25)12-4-6-13(19)7-5-12/h4-7,14-15H,8-9H2,1-3H3,(H,24,25)/t14-,15+/m0/s1. The van der Waals surface area contributed by atoms with E-state index >= 15 is 0 Å². The minimum Gasteiger partial charge on any atom is -0.481 e. The molecule has 25 heavy (non-hydrogen) atoms. The Kier molecular flexibility index (Phi) is 4.56. The van der Waals surface area contributed by atoms with Crippen LogP contribution in [0.1, 0.15) is 33.2 Å². The first-order chi connectivity index (χ1) is 11.8. The molecule has 3 rings (SSSR count). The fourth-order valence-electron chi connectivity index (χ4n) is 3.51. The fraction of sp³-hybridized carbons (Fsp3) is 0.389. The van der Waals surface area contributed by atoms with Gasteiger partial charge in [0.05, 0.1) is 17.2 Å². The maximum absolute atomic E-state index is 13.0. The summed E-state index contributed by atoms with van der Waals surface area (Å²) in [6.45, 7) is 4.19. The molecule has 1 fully saturated rings. The van der Waals surface area contributed by atoms with Crippen LogP contribution in [0.3, 0.4) is 0 Å². The van der Waals surface area contributed by atoms with Crippen molar-refractivity contribution in [2.45, 2.75) is 19.8 Å². The first-order valence-corrected chi connectivity index (χ1v) is 8.45. The van der Waals surface area contributed by atoms with Gasteiger partial charge in [-0.1, -0.05) is 23.7 Å². The lowest BCUT2D eigenvalue weighted by atomic mass is 9.89. The van der Waals surface area contributed by atoms with Crippen molar-refractivity contribution in [2.24, 2.45) is 13.0 Å². The van der Waals surface area contributed by atoms with Crippen molar-refractivity contribution in [3.63, 3.8) is 0 Å². The summed E-state index contributed by atoms with van der Waals surface area (Å²) in [5.74, 6) is -1.95. The Hall–Kier alpha value is -2.34. The summed E-state index contributed by atoms with van der Waals surface area (Å²) in [6.07, 6.45) is 0. The van der Waals surface area contributed by atoms with Crippen molar-refractivity contribution >= 4 is 23.5 Å². The van der Waals surface area contributed by atoms with Gasteiger partial charge in [0.2, 0.25) is 0 Å². The molecule has 0 saturated carbocycles. The number of amides is 1. The molecule has 6 nitrogen and oxygen atoms in total. The zero-order valence-electron chi connectivity index (χ0n) is 14.4. The number of hydrogen-bond acceptors (Lipinski definition) is 3. The second-order valence-electron chi connectivity index (χ2n) is 6.48. The molecule has 1 aliphatic rings. The molecule has 0 unspecified atom stereocenters. The van der Waals surface area contributed by atoms with Gasteiger partial charge in [-0.3, -0.25) is 14.3 Å². The summed E-state index contributed by atoms with van der Waals surface area (Å²) in [7, 11) is 1.79. The van der Waals surface area contributed by atoms with Crippen molar-refractivity contribution in [2.75, 3.05) is 13.1 Å². The molecule has 1 aliphatic heterocycles. The molecular weight excluding hydrogens is 342 g/mol. The first kappa shape index (κ1) is 17.5. The quantitative estimate of drug-likeness (QED) is 0.911. The van der Waals surface area contributed by atoms with Crippen LogP contribution in [0.5, 0.6) is 0 Å². The lowest BCUT2D eigenvalue weighted by Gasteiger charge is -2.17. The van der Waals surface area contributed by atoms with E-state index in [1.807, 2.05) is 19.1 Å². The number of carbonyl (C=O) groups excluding carboxylic acids is 1. The summed E-state index contributed by atoms with van der Waals surface area (Å²) in [4.78, 5) is 26.3. The molecule has 2 heterocycles. The minimum atomic E-state index is -0.894. The molecule has 1 aromatic heterocycles. The molecule has 0 spiro atoms. The summed E-state index contributed by atoms with van der Waals surface area (Å²) >= 11 is 5.92. The average molecular weight is 362 g/mol. The highest BCUT2D eigenvalue weighted by atomic mass is 35.5. The highest BCUT2D eigenvalue weighted by Gasteiger charge is 2.41. The number of aromatic nitrogens is 2. The number of carboxylic acid groups (broad SMARTS) is 1. The van der Waals surface area contributed by atoms with E-state index in [-0.39, 0.29) is 18.4 Å². The van der Waals surface area contributed by atoms with E-state index in [2.05, 4.69) is 5.10 Å². The van der Waals surface area contributed by atoms with Gasteiger partial charge >= 0.3 is 5.97 Å². The monoisotopic (exact) mass is 361 g/mol. The number of likely N-dealkylation sites (tertiary alicyclic amines) is 1. The Bertz CT molecular complexity index is 829. The SMILES string of the molecule is Cc1nn(C)c(C)c1C(=O)N1C[C@@H](C(=O)O)[C@H](c2ccc(Cl)cc2)C1. The second-order valence-corrected chi connectivity index (χ2v) is 6.92. The molecule has 1 saturated heterocycles. The average Bonchev–Trinajstić information content (AvgIpc) is 3.10. The van der Waals surface area contributed by atoms with E-state index in [0.29, 0.717) is 22.8 Å². The van der Waals surface area contributed by atoms with E-state index in [4.69, 9.17) is 11.6 Å². The number of aliphatic carboxylic acids is 1. The molecule has 1 N–H and O–H groups in total. The third-order valence-corrected chi connectivity index (χ3v) is 5.20. The van der Waals surface area contributed by atoms with Crippen molar-refractivity contribution < 1.29 is 14.7 Å². The van der Waals surface area contributed by atoms with Crippen LogP contribution in [-0.2, 0) is 11.8 Å². The first-order valence-electron chi connectivity index (χ1n) is 8.07. The van der Waals surface area contributed by atoms with Crippen molar-refractivity contribution in [3.8, 4) is 0 Å². The molecule has 2 atom stereocenters. The zero-order valence-corrected chi connectivity index (χ0v) is 15.1. The summed E-state index contributed by atoms with van der Waals surface area (Å²) in [6, 6.07) is 7.15. The van der Waals surface area contributed by atoms with Crippen molar-refractivity contribution in [1.82, 2.24) is 14.7 Å². The van der Waals surface area contributed by atoms with E-state index in [1.165, 1.54) is 0 Å². The number of hydrogen-bond donors (Lipinski definition) is 1. The fourth-order valence-corrected chi connectivity index (χ4v) is 3.63. The van der Waals surface area contributed by atoms with Crippen molar-refractivity contribution in [1.29, 1.82) is 0 Å². The summed E-state index contributed by atoms with van der Waals surface area (Å²) in [5, 5.41) is 14.5. The molecule has 1 amide bonds. The largest absolute Gasteiger partial charge is 0.481 e. The van der Waals surface area contributed by atoms with Gasteiger partial charge in [-0.05, 0) is 31.5 Å². The van der Waals surface area contributed by atoms with Crippen LogP contribution in [-0.4, -0.2) is 44.8 Å². The van der Waals surface area contributed by atoms with E-state index < -0.39 is 11.9 Å². The topological polar surface area (TPSA) is 75.4 Å². The molecule has 2 aromatic rings. The van der Waals surface area contributed by atoms with Gasteiger partial charge < -0.3 is 10.0 Å².